The van der Waals surface area contributed by atoms with E-state index in [0.29, 0.717) is 5.57 Å². The number of nitrogens with zero attached hydrogens (tertiary/aromatic N) is 2. The van der Waals surface area contributed by atoms with Crippen LogP contribution in [0.2, 0.25) is 0 Å². The molecule has 0 bridgehead atoms. The normalized spacial score (nSPS) is 19.8. The molecule has 6 heteroatoms. The monoisotopic (exact) mass is 175 g/mol. The van der Waals surface area contributed by atoms with Gasteiger partial charge in [0.05, 0.1) is 10.6 Å². The van der Waals surface area contributed by atoms with Gasteiger partial charge in [-0.05, 0) is 12.5 Å². The van der Waals surface area contributed by atoms with Gasteiger partial charge in [-0.3, -0.25) is 15.5 Å². The van der Waals surface area contributed by atoms with E-state index in [0.717, 1.165) is 0 Å². The first-order valence-electron chi connectivity index (χ1n) is 3.48. The van der Waals surface area contributed by atoms with Crippen LogP contribution in [0, 0.1) is 15.5 Å². The van der Waals surface area contributed by atoms with Crippen molar-refractivity contribution in [3.8, 4) is 0 Å². The van der Waals surface area contributed by atoms with Gasteiger partial charge in [-0.2, -0.15) is 0 Å². The molecular weight excluding hydrogens is 169 g/mol. The van der Waals surface area contributed by atoms with E-state index in [9.17, 15) is 10.1 Å². The smallest absolute Gasteiger partial charge is 0.296 e. The maximum absolute atomic E-state index is 10.4. The van der Waals surface area contributed by atoms with E-state index >= 15 is 0 Å². The van der Waals surface area contributed by atoms with E-state index in [1.165, 1.54) is 12.2 Å². The molecule has 0 aromatic heterocycles. The summed E-state index contributed by atoms with van der Waals surface area (Å²) in [5, 5.41) is 17.8. The Bertz CT molecular complexity index is 368. The zero-order valence-corrected chi connectivity index (χ0v) is 6.94. The van der Waals surface area contributed by atoms with Gasteiger partial charge in [-0.15, -0.1) is 0 Å². The molecule has 1 aliphatic rings. The molecule has 0 atom stereocenters. The highest BCUT2D eigenvalue weighted by Crippen LogP contribution is 2.12. The molecule has 1 aliphatic carbocycles. The molecule has 0 amide bonds. The molecule has 0 aliphatic heterocycles. The Morgan fingerprint density at radius 2 is 2.23 bits per heavy atom. The predicted molar refractivity (Wildman–Crippen MR) is 49.8 cm³/mol. The van der Waals surface area contributed by atoms with E-state index < -0.39 is 4.92 Å². The van der Waals surface area contributed by atoms with Gasteiger partial charge in [0, 0.05) is 6.08 Å². The molecule has 0 saturated carbocycles. The molecule has 0 aromatic rings. The predicted octanol–water partition coefficient (Wildman–Crippen LogP) is 0.651. The van der Waals surface area contributed by atoms with Crippen molar-refractivity contribution in [3.05, 3.63) is 33.5 Å². The summed E-state index contributed by atoms with van der Waals surface area (Å²) in [4.78, 5) is 13.1. The van der Waals surface area contributed by atoms with E-state index in [2.05, 4.69) is 4.90 Å². The molecule has 2 radical (unpaired) electrons. The second-order valence-electron chi connectivity index (χ2n) is 2.51. The number of hydrogen-bond acceptors (Lipinski definition) is 4. The average molecular weight is 175 g/mol. The first-order chi connectivity index (χ1) is 6.07. The molecule has 0 saturated heterocycles. The van der Waals surface area contributed by atoms with Crippen molar-refractivity contribution in [3.63, 3.8) is 0 Å². The van der Waals surface area contributed by atoms with Crippen LogP contribution in [0.4, 0.5) is 0 Å². The highest BCUT2D eigenvalue weighted by atomic mass is 16.6. The number of allylic oxidation sites excluding steroid dienone is 4. The van der Waals surface area contributed by atoms with Crippen molar-refractivity contribution in [2.75, 3.05) is 0 Å². The standard InChI is InChI=1S/C7H6BN3O2/c1-4-2-3-5(11(12)13)6(9)7(4)10-8/h2-3,9H,1H3. The molecular formula is C7H6BN3O2. The van der Waals surface area contributed by atoms with Gasteiger partial charge < -0.3 is 4.90 Å². The molecule has 0 spiro atoms. The topological polar surface area (TPSA) is 79.3 Å². The number of hydrogen-bond donors (Lipinski definition) is 1. The summed E-state index contributed by atoms with van der Waals surface area (Å²) in [5.74, 6) is 0. The van der Waals surface area contributed by atoms with Gasteiger partial charge in [-0.25, -0.2) is 0 Å². The third-order valence-corrected chi connectivity index (χ3v) is 1.68. The second-order valence-corrected chi connectivity index (χ2v) is 2.51. The van der Waals surface area contributed by atoms with E-state index in [1.807, 2.05) is 0 Å². The van der Waals surface area contributed by atoms with Crippen molar-refractivity contribution in [2.24, 2.45) is 4.90 Å². The third kappa shape index (κ3) is 1.56. The van der Waals surface area contributed by atoms with Gasteiger partial charge in [0.2, 0.25) is 0 Å². The number of nitro groups is 1. The lowest BCUT2D eigenvalue weighted by molar-refractivity contribution is -0.414. The second kappa shape index (κ2) is 3.34. The number of nitrogens with one attached hydrogen (secondary N) is 1. The highest BCUT2D eigenvalue weighted by molar-refractivity contribution is 6.54. The summed E-state index contributed by atoms with van der Waals surface area (Å²) < 4.78 is 0. The van der Waals surface area contributed by atoms with E-state index in [1.54, 1.807) is 6.92 Å². The van der Waals surface area contributed by atoms with Gasteiger partial charge in [0.15, 0.2) is 5.71 Å². The summed E-state index contributed by atoms with van der Waals surface area (Å²) in [6.07, 6.45) is 2.79. The molecule has 1 rings (SSSR count). The molecule has 5 nitrogen and oxygen atoms in total. The van der Waals surface area contributed by atoms with Crippen molar-refractivity contribution in [1.29, 1.82) is 5.41 Å². The fourth-order valence-electron chi connectivity index (χ4n) is 1.00. The van der Waals surface area contributed by atoms with Crippen molar-refractivity contribution < 1.29 is 4.92 Å². The average Bonchev–Trinajstić information content (AvgIpc) is 2.04. The first-order valence-corrected chi connectivity index (χ1v) is 3.48. The largest absolute Gasteiger partial charge is 0.355 e. The lowest BCUT2D eigenvalue weighted by atomic mass is 9.99. The quantitative estimate of drug-likeness (QED) is 0.274. The molecule has 13 heavy (non-hydrogen) atoms. The minimum atomic E-state index is -0.629. The Labute approximate surface area is 76.0 Å². The van der Waals surface area contributed by atoms with E-state index in [4.69, 9.17) is 13.4 Å². The Morgan fingerprint density at radius 3 is 2.69 bits per heavy atom. The fourth-order valence-corrected chi connectivity index (χ4v) is 1.00. The van der Waals surface area contributed by atoms with Crippen molar-refractivity contribution in [1.82, 2.24) is 0 Å². The Balaban J connectivity index is 3.19. The minimum Gasteiger partial charge on any atom is -0.355 e. The SMILES string of the molecule is [B]N=C1C(=N)C([N+](=O)[O-])=CC=C1C. The first kappa shape index (κ1) is 9.37. The van der Waals surface area contributed by atoms with Crippen LogP contribution in [0.3, 0.4) is 0 Å². The van der Waals surface area contributed by atoms with Gasteiger partial charge >= 0.3 is 0 Å². The van der Waals surface area contributed by atoms with Crippen LogP contribution in [0.5, 0.6) is 0 Å². The van der Waals surface area contributed by atoms with E-state index in [-0.39, 0.29) is 17.1 Å². The maximum atomic E-state index is 10.4. The minimum absolute atomic E-state index is 0.161. The fraction of sp³-hybridized carbons (Fsp3) is 0.143. The summed E-state index contributed by atoms with van der Waals surface area (Å²) in [5.41, 5.74) is 0.287. The number of rotatable bonds is 1. The molecule has 0 heterocycles. The molecule has 0 aromatic carbocycles. The summed E-state index contributed by atoms with van der Waals surface area (Å²) >= 11 is 0. The summed E-state index contributed by atoms with van der Waals surface area (Å²) in [6.45, 7) is 1.69. The van der Waals surface area contributed by atoms with Gasteiger partial charge in [0.25, 0.3) is 13.7 Å². The van der Waals surface area contributed by atoms with Crippen molar-refractivity contribution in [2.45, 2.75) is 6.92 Å². The Hall–Kier alpha value is -1.72. The van der Waals surface area contributed by atoms with Crippen LogP contribution in [0.15, 0.2) is 28.3 Å². The van der Waals surface area contributed by atoms with Crippen LogP contribution in [-0.2, 0) is 0 Å². The molecule has 1 N–H and O–H groups in total. The molecule has 0 unspecified atom stereocenters. The maximum Gasteiger partial charge on any atom is 0.296 e. The lowest BCUT2D eigenvalue weighted by Crippen LogP contribution is -2.24. The van der Waals surface area contributed by atoms with Gasteiger partial charge in [-0.1, -0.05) is 6.08 Å². The van der Waals surface area contributed by atoms with Crippen LogP contribution in [0.25, 0.3) is 0 Å². The lowest BCUT2D eigenvalue weighted by Gasteiger charge is -2.09. The molecule has 0 fully saturated rings. The van der Waals surface area contributed by atoms with Gasteiger partial charge in [0.1, 0.15) is 0 Å². The zero-order valence-electron chi connectivity index (χ0n) is 6.94. The van der Waals surface area contributed by atoms with Crippen LogP contribution >= 0.6 is 0 Å². The Morgan fingerprint density at radius 1 is 1.62 bits per heavy atom. The molecule has 64 valence electrons. The summed E-state index contributed by atoms with van der Waals surface area (Å²) in [6, 6.07) is 0. The van der Waals surface area contributed by atoms with Crippen LogP contribution < -0.4 is 0 Å². The van der Waals surface area contributed by atoms with Crippen LogP contribution in [-0.4, -0.2) is 24.3 Å². The highest BCUT2D eigenvalue weighted by Gasteiger charge is 2.25. The van der Waals surface area contributed by atoms with Crippen LogP contribution in [0.1, 0.15) is 6.92 Å². The summed E-state index contributed by atoms with van der Waals surface area (Å²) in [7, 11) is 5.00. The van der Waals surface area contributed by atoms with Crippen molar-refractivity contribution >= 4 is 19.4 Å². The zero-order chi connectivity index (χ0) is 10.0. The third-order valence-electron chi connectivity index (χ3n) is 1.68. The Kier molecular flexibility index (Phi) is 2.41.